The molecule has 2 aliphatic rings. The molecule has 32 heteroatoms. The highest BCUT2D eigenvalue weighted by atomic mass is 32.2. The van der Waals surface area contributed by atoms with Gasteiger partial charge in [0.05, 0.1) is 34.5 Å². The van der Waals surface area contributed by atoms with Crippen molar-refractivity contribution in [3.8, 4) is 11.5 Å². The Balaban J connectivity index is 0.991. The van der Waals surface area contributed by atoms with Crippen LogP contribution in [0.5, 0.6) is 11.5 Å². The van der Waals surface area contributed by atoms with Crippen LogP contribution in [0.1, 0.15) is 80.2 Å². The van der Waals surface area contributed by atoms with E-state index in [0.29, 0.717) is 41.7 Å². The summed E-state index contributed by atoms with van der Waals surface area (Å²) in [6.45, 7) is 5.34. The smallest absolute Gasteiger partial charge is 0.342 e. The second kappa shape index (κ2) is 24.8. The number of aromatic hydroxyl groups is 1. The third-order valence-corrected chi connectivity index (χ3v) is 15.3. The van der Waals surface area contributed by atoms with Crippen LogP contribution < -0.4 is 40.7 Å². The third-order valence-electron chi connectivity index (χ3n) is 11.3. The number of aliphatic hydroxyl groups is 2. The lowest BCUT2D eigenvalue weighted by Gasteiger charge is -2.36. The van der Waals surface area contributed by atoms with E-state index in [2.05, 4.69) is 43.5 Å². The number of ether oxygens (including phenoxy) is 3. The summed E-state index contributed by atoms with van der Waals surface area (Å²) in [5.41, 5.74) is 7.46. The number of imidazole rings is 1. The molecule has 0 radical (unpaired) electrons. The second-order valence-electron chi connectivity index (χ2n) is 17.2. The number of hydrogen-bond acceptors (Lipinski definition) is 26. The van der Waals surface area contributed by atoms with Gasteiger partial charge in [0.25, 0.3) is 15.6 Å². The Bertz CT molecular complexity index is 2770. The molecule has 2 aliphatic heterocycles. The third kappa shape index (κ3) is 15.7. The van der Waals surface area contributed by atoms with Crippen LogP contribution in [0.15, 0.2) is 36.0 Å². The number of amides is 2. The molecule has 5 rings (SSSR count). The van der Waals surface area contributed by atoms with Gasteiger partial charge in [-0.3, -0.25) is 28.1 Å². The van der Waals surface area contributed by atoms with Crippen LogP contribution in [-0.4, -0.2) is 121 Å². The van der Waals surface area contributed by atoms with Gasteiger partial charge in [-0.15, -0.1) is 0 Å². The van der Waals surface area contributed by atoms with Gasteiger partial charge < -0.3 is 83.6 Å². The van der Waals surface area contributed by atoms with Gasteiger partial charge in [0.15, 0.2) is 17.7 Å². The lowest BCUT2D eigenvalue weighted by Crippen LogP contribution is -2.46. The molecule has 2 aromatic heterocycles. The molecule has 0 spiro atoms. The van der Waals surface area contributed by atoms with Crippen molar-refractivity contribution in [3.05, 3.63) is 58.2 Å². The van der Waals surface area contributed by atoms with Crippen LogP contribution in [0.2, 0.25) is 0 Å². The van der Waals surface area contributed by atoms with Gasteiger partial charge in [-0.2, -0.15) is 0 Å². The first kappa shape index (κ1) is 59.2. The Kier molecular flexibility index (Phi) is 20.1. The molecule has 7 atom stereocenters. The monoisotopic (exact) mass is 1110 g/mol. The van der Waals surface area contributed by atoms with Crippen molar-refractivity contribution in [1.82, 2.24) is 30.2 Å². The van der Waals surface area contributed by atoms with Crippen molar-refractivity contribution in [2.45, 2.75) is 97.6 Å². The van der Waals surface area contributed by atoms with E-state index < -0.39 is 90.5 Å². The summed E-state index contributed by atoms with van der Waals surface area (Å²) in [6.07, 6.45) is -2.60. The second-order valence-corrected chi connectivity index (χ2v) is 22.3. The number of phenols is 1. The zero-order valence-electron chi connectivity index (χ0n) is 40.1. The topological polar surface area (TPSA) is 431 Å². The molecule has 7 N–H and O–H groups in total. The number of phosphoric ester groups is 3. The van der Waals surface area contributed by atoms with Crippen LogP contribution in [0.25, 0.3) is 11.2 Å². The van der Waals surface area contributed by atoms with Crippen molar-refractivity contribution >= 4 is 75.1 Å². The number of nitrogens with two attached hydrogens (primary N) is 1. The first-order valence-electron chi connectivity index (χ1n) is 22.0. The highest BCUT2D eigenvalue weighted by Crippen LogP contribution is 2.56. The van der Waals surface area contributed by atoms with Gasteiger partial charge in [0, 0.05) is 41.8 Å². The molecule has 0 aliphatic carbocycles. The molecular formula is C41H54N7O21P3S-4. The zero-order chi connectivity index (χ0) is 54.2. The number of aromatic nitrogens is 4. The summed E-state index contributed by atoms with van der Waals surface area (Å²) < 4.78 is 71.5. The molecule has 1 saturated heterocycles. The number of benzene rings is 1. The van der Waals surface area contributed by atoms with Crippen molar-refractivity contribution in [2.24, 2.45) is 5.41 Å². The van der Waals surface area contributed by atoms with Crippen molar-refractivity contribution in [1.29, 1.82) is 0 Å². The first-order valence-corrected chi connectivity index (χ1v) is 27.3. The van der Waals surface area contributed by atoms with Crippen molar-refractivity contribution < 1.29 is 99.9 Å². The highest BCUT2D eigenvalue weighted by Gasteiger charge is 2.47. The maximum atomic E-state index is 12.7. The molecular weight excluding hydrogens is 1050 g/mol. The molecule has 0 saturated carbocycles. The largest absolute Gasteiger partial charge is 0.790 e. The molecule has 4 heterocycles. The SMILES string of the molecule is COc1c(C)c2c(c(O)c1C/C=C(\C)CC/C=C(\C)C(=O)SCCNC(=O)CCNC(=O)[C@H](O)C(C)(C)COP(=O)([O-])OP(=O)([O-])OC[C@H]1O[C@@H](n3cnc4c(N)ncnc43)[C@H](O)[C@@H]1OP(=O)([O-])[O-])C(=O)OC2. The predicted molar refractivity (Wildman–Crippen MR) is 247 cm³/mol. The van der Waals surface area contributed by atoms with E-state index in [1.165, 1.54) is 21.0 Å². The number of nitrogens with one attached hydrogen (secondary N) is 2. The van der Waals surface area contributed by atoms with Crippen molar-refractivity contribution in [3.63, 3.8) is 0 Å². The number of allylic oxidation sites excluding steroid dienone is 3. The number of thioether (sulfide) groups is 1. The van der Waals surface area contributed by atoms with Crippen LogP contribution >= 0.6 is 35.2 Å². The molecule has 404 valence electrons. The lowest BCUT2D eigenvalue weighted by molar-refractivity contribution is -0.347. The fraction of sp³-hybridized carbons (Fsp3) is 0.537. The standard InChI is InChI=1S/C41H58N7O21P3S/c1-21(10-11-24-30(50)28-25(16-64-39(28)54)23(3)32(24)63-6)8-7-9-22(2)40(55)73-15-14-43-27(49)12-13-44-37(53)34(52)41(4,5)18-66-72(61,62)69-71(59,60)65-17-26-33(68-70(56,57)58)31(51)38(67-26)48-20-47-29-35(42)45-19-46-36(29)48/h9-10,19-20,26,31,33-34,38,50-52H,7-8,11-18H2,1-6H3,(H,43,49)(H,44,53)(H,59,60)(H,61,62)(H2,42,45,46)(H2,56,57,58)/p-4/b21-10+,22-9+/t26-,31-,33-,34+,38-/m1/s1. The predicted octanol–water partition coefficient (Wildman–Crippen LogP) is -0.255. The van der Waals surface area contributed by atoms with E-state index in [0.717, 1.165) is 40.1 Å². The Hall–Kier alpha value is -4.67. The number of fused-ring (bicyclic) bond motifs is 2. The van der Waals surface area contributed by atoms with Gasteiger partial charge in [-0.05, 0) is 51.2 Å². The Morgan fingerprint density at radius 3 is 2.44 bits per heavy atom. The number of rotatable bonds is 26. The fourth-order valence-electron chi connectivity index (χ4n) is 7.37. The number of carbonyl (C=O) groups is 4. The van der Waals surface area contributed by atoms with Crippen molar-refractivity contribution in [2.75, 3.05) is 44.9 Å². The molecule has 2 amide bonds. The van der Waals surface area contributed by atoms with Gasteiger partial charge in [0.2, 0.25) is 16.9 Å². The number of cyclic esters (lactones) is 1. The van der Waals surface area contributed by atoms with Crippen LogP contribution in [0.4, 0.5) is 5.82 Å². The minimum atomic E-state index is -5.95. The molecule has 28 nitrogen and oxygen atoms in total. The number of phosphoric acid groups is 3. The Labute approximate surface area is 421 Å². The lowest BCUT2D eigenvalue weighted by atomic mass is 9.87. The van der Waals surface area contributed by atoms with Gasteiger partial charge in [0.1, 0.15) is 59.9 Å². The summed E-state index contributed by atoms with van der Waals surface area (Å²) in [4.78, 5) is 110. The van der Waals surface area contributed by atoms with Crippen LogP contribution in [0, 0.1) is 12.3 Å². The van der Waals surface area contributed by atoms with E-state index in [-0.39, 0.29) is 65.3 Å². The van der Waals surface area contributed by atoms with Crippen LogP contribution in [0.3, 0.4) is 0 Å². The zero-order valence-corrected chi connectivity index (χ0v) is 43.6. The maximum absolute atomic E-state index is 12.7. The van der Waals surface area contributed by atoms with E-state index in [1.807, 2.05) is 13.0 Å². The molecule has 3 aromatic rings. The molecule has 73 heavy (non-hydrogen) atoms. The number of nitrogens with zero attached hydrogens (tertiary/aromatic N) is 4. The maximum Gasteiger partial charge on any atom is 0.342 e. The van der Waals surface area contributed by atoms with E-state index in [4.69, 9.17) is 19.9 Å². The minimum absolute atomic E-state index is 0.0322. The summed E-state index contributed by atoms with van der Waals surface area (Å²) in [5, 5.41) is 37.1. The summed E-state index contributed by atoms with van der Waals surface area (Å²) in [7, 11) is -16.2. The summed E-state index contributed by atoms with van der Waals surface area (Å²) in [6, 6.07) is 0. The fourth-order valence-corrected chi connectivity index (χ4v) is 10.8. The van der Waals surface area contributed by atoms with E-state index >= 15 is 0 Å². The normalized spacial score (nSPS) is 20.5. The summed E-state index contributed by atoms with van der Waals surface area (Å²) >= 11 is 0.988. The molecule has 1 aromatic carbocycles. The Morgan fingerprint density at radius 2 is 1.75 bits per heavy atom. The van der Waals surface area contributed by atoms with Gasteiger partial charge in [-0.25, -0.2) is 24.1 Å². The number of esters is 1. The van der Waals surface area contributed by atoms with E-state index in [1.54, 1.807) is 19.9 Å². The number of nitrogen functional groups attached to an aromatic ring is 1. The average molecular weight is 1110 g/mol. The number of phenolic OH excluding ortho intramolecular Hbond substituents is 1. The average Bonchev–Trinajstić information content (AvgIpc) is 4.01. The summed E-state index contributed by atoms with van der Waals surface area (Å²) in [5.74, 6) is -1.67. The Morgan fingerprint density at radius 1 is 1.05 bits per heavy atom. The quantitative estimate of drug-likeness (QED) is 0.0198. The number of methoxy groups -OCH3 is 1. The number of carbonyl (C=O) groups excluding carboxylic acids is 4. The molecule has 1 fully saturated rings. The van der Waals surface area contributed by atoms with E-state index in [9.17, 15) is 67.8 Å². The van der Waals surface area contributed by atoms with Gasteiger partial charge >= 0.3 is 5.97 Å². The first-order chi connectivity index (χ1) is 34.1. The number of anilines is 1. The molecule has 0 bridgehead atoms. The number of aliphatic hydroxyl groups excluding tert-OH is 2. The minimum Gasteiger partial charge on any atom is -0.790 e. The van der Waals surface area contributed by atoms with Crippen LogP contribution in [-0.2, 0) is 68.5 Å². The molecule has 2 unspecified atom stereocenters. The highest BCUT2D eigenvalue weighted by molar-refractivity contribution is 8.14. The number of hydrogen-bond donors (Lipinski definition) is 6. The van der Waals surface area contributed by atoms with Gasteiger partial charge in [-0.1, -0.05) is 43.3 Å².